The Morgan fingerprint density at radius 3 is 2.35 bits per heavy atom. The van der Waals surface area contributed by atoms with Gasteiger partial charge < -0.3 is 20.2 Å². The first-order valence-corrected chi connectivity index (χ1v) is 7.62. The molecule has 0 spiro atoms. The van der Waals surface area contributed by atoms with Crippen LogP contribution < -0.4 is 0 Å². The third-order valence-electron chi connectivity index (χ3n) is 4.27. The highest BCUT2D eigenvalue weighted by atomic mass is 16.3. The number of carbonyl (C=O) groups is 1. The van der Waals surface area contributed by atoms with E-state index in [1.807, 2.05) is 12.1 Å². The SMILES string of the molecule is O=C(c1c(O)cccc1O)N1CCC(Cc2ccc(O)cc2)C1. The van der Waals surface area contributed by atoms with Crippen LogP contribution in [0.3, 0.4) is 0 Å². The topological polar surface area (TPSA) is 81.0 Å². The van der Waals surface area contributed by atoms with Gasteiger partial charge >= 0.3 is 0 Å². The van der Waals surface area contributed by atoms with Crippen molar-refractivity contribution in [1.29, 1.82) is 0 Å². The molecule has 23 heavy (non-hydrogen) atoms. The van der Waals surface area contributed by atoms with Crippen molar-refractivity contribution in [1.82, 2.24) is 4.90 Å². The minimum Gasteiger partial charge on any atom is -0.508 e. The highest BCUT2D eigenvalue weighted by Gasteiger charge is 2.29. The summed E-state index contributed by atoms with van der Waals surface area (Å²) in [5.41, 5.74) is 1.09. The lowest BCUT2D eigenvalue weighted by atomic mass is 9.99. The zero-order chi connectivity index (χ0) is 16.4. The molecule has 5 nitrogen and oxygen atoms in total. The van der Waals surface area contributed by atoms with Crippen LogP contribution >= 0.6 is 0 Å². The zero-order valence-electron chi connectivity index (χ0n) is 12.6. The molecule has 1 aliphatic heterocycles. The van der Waals surface area contributed by atoms with Crippen molar-refractivity contribution in [3.05, 3.63) is 53.6 Å². The van der Waals surface area contributed by atoms with E-state index in [-0.39, 0.29) is 28.7 Å². The smallest absolute Gasteiger partial charge is 0.261 e. The van der Waals surface area contributed by atoms with Crippen LogP contribution in [-0.4, -0.2) is 39.2 Å². The molecule has 120 valence electrons. The van der Waals surface area contributed by atoms with Gasteiger partial charge in [0, 0.05) is 13.1 Å². The molecule has 5 heteroatoms. The van der Waals surface area contributed by atoms with E-state index in [0.29, 0.717) is 19.0 Å². The number of amides is 1. The van der Waals surface area contributed by atoms with Crippen LogP contribution in [0.15, 0.2) is 42.5 Å². The molecule has 0 aliphatic carbocycles. The average Bonchev–Trinajstić information content (AvgIpc) is 2.98. The Kier molecular flexibility index (Phi) is 4.10. The number of phenols is 3. The molecule has 3 N–H and O–H groups in total. The number of hydrogen-bond donors (Lipinski definition) is 3. The van der Waals surface area contributed by atoms with Gasteiger partial charge in [-0.25, -0.2) is 0 Å². The van der Waals surface area contributed by atoms with Crippen LogP contribution in [0.2, 0.25) is 0 Å². The molecule has 0 saturated carbocycles. The predicted molar refractivity (Wildman–Crippen MR) is 85.6 cm³/mol. The van der Waals surface area contributed by atoms with Crippen molar-refractivity contribution in [3.63, 3.8) is 0 Å². The van der Waals surface area contributed by atoms with Gasteiger partial charge in [0.05, 0.1) is 0 Å². The first kappa shape index (κ1) is 15.2. The predicted octanol–water partition coefficient (Wildman–Crippen LogP) is 2.51. The molecule has 1 saturated heterocycles. The summed E-state index contributed by atoms with van der Waals surface area (Å²) < 4.78 is 0. The van der Waals surface area contributed by atoms with Crippen molar-refractivity contribution in [2.24, 2.45) is 5.92 Å². The molecule has 1 atom stereocenters. The molecule has 3 rings (SSSR count). The number of phenolic OH excluding ortho intramolecular Hbond substituents is 3. The molecule has 1 heterocycles. The van der Waals surface area contributed by atoms with Gasteiger partial charge in [0.15, 0.2) is 0 Å². The summed E-state index contributed by atoms with van der Waals surface area (Å²) in [6.45, 7) is 1.20. The highest BCUT2D eigenvalue weighted by molar-refractivity contribution is 5.99. The van der Waals surface area contributed by atoms with Gasteiger partial charge in [-0.2, -0.15) is 0 Å². The van der Waals surface area contributed by atoms with E-state index in [1.54, 1.807) is 17.0 Å². The fourth-order valence-corrected chi connectivity index (χ4v) is 3.05. The van der Waals surface area contributed by atoms with Crippen LogP contribution in [0.4, 0.5) is 0 Å². The maximum Gasteiger partial charge on any atom is 0.261 e. The first-order chi connectivity index (χ1) is 11.0. The largest absolute Gasteiger partial charge is 0.508 e. The fourth-order valence-electron chi connectivity index (χ4n) is 3.05. The third kappa shape index (κ3) is 3.23. The number of benzene rings is 2. The van der Waals surface area contributed by atoms with Crippen molar-refractivity contribution < 1.29 is 20.1 Å². The van der Waals surface area contributed by atoms with E-state index in [9.17, 15) is 20.1 Å². The van der Waals surface area contributed by atoms with E-state index in [0.717, 1.165) is 18.4 Å². The normalized spacial score (nSPS) is 17.4. The molecule has 1 unspecified atom stereocenters. The van der Waals surface area contributed by atoms with E-state index in [4.69, 9.17) is 0 Å². The Labute approximate surface area is 134 Å². The summed E-state index contributed by atoms with van der Waals surface area (Å²) >= 11 is 0. The van der Waals surface area contributed by atoms with E-state index in [1.165, 1.54) is 18.2 Å². The molecule has 2 aromatic rings. The average molecular weight is 313 g/mol. The summed E-state index contributed by atoms with van der Waals surface area (Å²) in [7, 11) is 0. The number of hydrogen-bond acceptors (Lipinski definition) is 4. The van der Waals surface area contributed by atoms with Gasteiger partial charge in [-0.3, -0.25) is 4.79 Å². The van der Waals surface area contributed by atoms with Crippen molar-refractivity contribution >= 4 is 5.91 Å². The van der Waals surface area contributed by atoms with Crippen LogP contribution in [0.25, 0.3) is 0 Å². The lowest BCUT2D eigenvalue weighted by Gasteiger charge is -2.18. The molecule has 1 amide bonds. The quantitative estimate of drug-likeness (QED) is 0.813. The lowest BCUT2D eigenvalue weighted by Crippen LogP contribution is -2.29. The summed E-state index contributed by atoms with van der Waals surface area (Å²) in [5.74, 6) is -0.161. The molecule has 0 aromatic heterocycles. The lowest BCUT2D eigenvalue weighted by molar-refractivity contribution is 0.0781. The third-order valence-corrected chi connectivity index (χ3v) is 4.27. The van der Waals surface area contributed by atoms with Crippen molar-refractivity contribution in [2.75, 3.05) is 13.1 Å². The summed E-state index contributed by atoms with van der Waals surface area (Å²) in [4.78, 5) is 14.2. The number of nitrogens with zero attached hydrogens (tertiary/aromatic N) is 1. The van der Waals surface area contributed by atoms with Gasteiger partial charge in [-0.15, -0.1) is 0 Å². The second kappa shape index (κ2) is 6.20. The Balaban J connectivity index is 1.67. The molecule has 2 aromatic carbocycles. The molecule has 0 radical (unpaired) electrons. The van der Waals surface area contributed by atoms with Crippen LogP contribution in [0.5, 0.6) is 17.2 Å². The Bertz CT molecular complexity index is 691. The first-order valence-electron chi connectivity index (χ1n) is 7.62. The number of carbonyl (C=O) groups excluding carboxylic acids is 1. The van der Waals surface area contributed by atoms with Crippen LogP contribution in [-0.2, 0) is 6.42 Å². The van der Waals surface area contributed by atoms with Crippen molar-refractivity contribution in [2.45, 2.75) is 12.8 Å². The van der Waals surface area contributed by atoms with Crippen LogP contribution in [0, 0.1) is 5.92 Å². The minimum atomic E-state index is -0.339. The maximum absolute atomic E-state index is 12.5. The number of aromatic hydroxyl groups is 3. The van der Waals surface area contributed by atoms with E-state index >= 15 is 0 Å². The zero-order valence-corrected chi connectivity index (χ0v) is 12.6. The van der Waals surface area contributed by atoms with E-state index in [2.05, 4.69) is 0 Å². The summed E-state index contributed by atoms with van der Waals surface area (Å²) in [6.07, 6.45) is 1.71. The molecule has 0 bridgehead atoms. The van der Waals surface area contributed by atoms with Crippen LogP contribution in [0.1, 0.15) is 22.3 Å². The minimum absolute atomic E-state index is 0.0298. The maximum atomic E-state index is 12.5. The van der Waals surface area contributed by atoms with Gasteiger partial charge in [0.1, 0.15) is 22.8 Å². The van der Waals surface area contributed by atoms with Gasteiger partial charge in [0.25, 0.3) is 5.91 Å². The van der Waals surface area contributed by atoms with Gasteiger partial charge in [-0.05, 0) is 48.6 Å². The van der Waals surface area contributed by atoms with E-state index < -0.39 is 0 Å². The standard InChI is InChI=1S/C18H19NO4/c20-14-6-4-12(5-7-14)10-13-8-9-19(11-13)18(23)17-15(21)2-1-3-16(17)22/h1-7,13,20-22H,8-11H2. The summed E-state index contributed by atoms with van der Waals surface area (Å²) in [6, 6.07) is 11.4. The Morgan fingerprint density at radius 2 is 1.70 bits per heavy atom. The fraction of sp³-hybridized carbons (Fsp3) is 0.278. The highest BCUT2D eigenvalue weighted by Crippen LogP contribution is 2.30. The molecular formula is C18H19NO4. The van der Waals surface area contributed by atoms with Crippen molar-refractivity contribution in [3.8, 4) is 17.2 Å². The Morgan fingerprint density at radius 1 is 1.04 bits per heavy atom. The number of likely N-dealkylation sites (tertiary alicyclic amines) is 1. The van der Waals surface area contributed by atoms with Gasteiger partial charge in [0.2, 0.25) is 0 Å². The Hall–Kier alpha value is -2.69. The number of rotatable bonds is 3. The second-order valence-corrected chi connectivity index (χ2v) is 5.95. The van der Waals surface area contributed by atoms with Gasteiger partial charge in [-0.1, -0.05) is 18.2 Å². The molecule has 1 fully saturated rings. The second-order valence-electron chi connectivity index (χ2n) is 5.95. The monoisotopic (exact) mass is 313 g/mol. The summed E-state index contributed by atoms with van der Waals surface area (Å²) in [5, 5.41) is 28.9. The molecule has 1 aliphatic rings. The molecular weight excluding hydrogens is 294 g/mol.